The van der Waals surface area contributed by atoms with Crippen LogP contribution in [0.25, 0.3) is 0 Å². The van der Waals surface area contributed by atoms with E-state index in [1.807, 2.05) is 6.07 Å². The Morgan fingerprint density at radius 1 is 1.42 bits per heavy atom. The number of aliphatic carboxylic acids is 1. The summed E-state index contributed by atoms with van der Waals surface area (Å²) in [4.78, 5) is 11.1. The van der Waals surface area contributed by atoms with Gasteiger partial charge in [-0.2, -0.15) is 0 Å². The normalized spacial score (nSPS) is 18.4. The molecule has 1 N–H and O–H groups in total. The van der Waals surface area contributed by atoms with E-state index >= 15 is 0 Å². The molecule has 102 valence electrons. The number of halogens is 1. The van der Waals surface area contributed by atoms with Crippen molar-refractivity contribution in [2.45, 2.75) is 38.0 Å². The van der Waals surface area contributed by atoms with Gasteiger partial charge in [0.25, 0.3) is 0 Å². The van der Waals surface area contributed by atoms with E-state index in [2.05, 4.69) is 22.9 Å². The Bertz CT molecular complexity index is 549. The van der Waals surface area contributed by atoms with Gasteiger partial charge in [-0.1, -0.05) is 6.92 Å². The van der Waals surface area contributed by atoms with Crippen LogP contribution in [0.5, 0.6) is 11.5 Å². The quantitative estimate of drug-likeness (QED) is 0.922. The molecule has 0 saturated heterocycles. The van der Waals surface area contributed by atoms with Crippen molar-refractivity contribution in [2.24, 2.45) is 0 Å². The van der Waals surface area contributed by atoms with Crippen molar-refractivity contribution in [3.05, 3.63) is 21.7 Å². The number of benzene rings is 1. The molecule has 19 heavy (non-hydrogen) atoms. The van der Waals surface area contributed by atoms with E-state index in [1.54, 1.807) is 0 Å². The van der Waals surface area contributed by atoms with Crippen LogP contribution in [0, 0.1) is 0 Å². The van der Waals surface area contributed by atoms with Crippen molar-refractivity contribution in [1.29, 1.82) is 0 Å². The van der Waals surface area contributed by atoms with Crippen LogP contribution < -0.4 is 9.47 Å². The summed E-state index contributed by atoms with van der Waals surface area (Å²) in [6.07, 6.45) is 2.86. The predicted molar refractivity (Wildman–Crippen MR) is 72.8 cm³/mol. The molecule has 0 aromatic heterocycles. The van der Waals surface area contributed by atoms with Crippen LogP contribution in [0.4, 0.5) is 0 Å². The highest BCUT2D eigenvalue weighted by Crippen LogP contribution is 2.56. The van der Waals surface area contributed by atoms with Crippen molar-refractivity contribution in [1.82, 2.24) is 0 Å². The average molecular weight is 327 g/mol. The fourth-order valence-electron chi connectivity index (χ4n) is 2.89. The number of carbonyl (C=O) groups is 1. The fourth-order valence-corrected chi connectivity index (χ4v) is 3.41. The first-order valence-corrected chi connectivity index (χ1v) is 7.20. The lowest BCUT2D eigenvalue weighted by atomic mass is 9.87. The zero-order valence-corrected chi connectivity index (χ0v) is 12.2. The standard InChI is InChI=1S/C14H15BrO4/c1-2-8-9(14(3-4-14)6-11(16)17)5-10(15)13-12(8)18-7-19-13/h5H,2-4,6-7H2,1H3,(H,16,17). The molecule has 5 heteroatoms. The molecular weight excluding hydrogens is 312 g/mol. The number of hydrogen-bond donors (Lipinski definition) is 1. The Hall–Kier alpha value is -1.23. The van der Waals surface area contributed by atoms with E-state index < -0.39 is 5.97 Å². The lowest BCUT2D eigenvalue weighted by Gasteiger charge is -2.19. The van der Waals surface area contributed by atoms with E-state index in [1.165, 1.54) is 0 Å². The van der Waals surface area contributed by atoms with Crippen LogP contribution in [-0.2, 0) is 16.6 Å². The van der Waals surface area contributed by atoms with Crippen LogP contribution in [0.15, 0.2) is 10.5 Å². The van der Waals surface area contributed by atoms with E-state index in [-0.39, 0.29) is 18.6 Å². The van der Waals surface area contributed by atoms with Gasteiger partial charge in [0.15, 0.2) is 11.5 Å². The van der Waals surface area contributed by atoms with E-state index in [4.69, 9.17) is 14.6 Å². The second-order valence-electron chi connectivity index (χ2n) is 5.15. The maximum absolute atomic E-state index is 11.1. The average Bonchev–Trinajstić information content (AvgIpc) is 2.95. The molecule has 2 aliphatic rings. The molecule has 1 aromatic rings. The van der Waals surface area contributed by atoms with E-state index in [9.17, 15) is 4.79 Å². The maximum atomic E-state index is 11.1. The molecule has 0 atom stereocenters. The third-order valence-corrected chi connectivity index (χ3v) is 4.56. The summed E-state index contributed by atoms with van der Waals surface area (Å²) >= 11 is 3.50. The first-order valence-electron chi connectivity index (χ1n) is 6.40. The molecular formula is C14H15BrO4. The molecule has 1 aliphatic carbocycles. The summed E-state index contributed by atoms with van der Waals surface area (Å²) in [6, 6.07) is 2.02. The number of rotatable bonds is 4. The molecule has 0 radical (unpaired) electrons. The first-order chi connectivity index (χ1) is 9.07. The minimum atomic E-state index is -0.742. The second kappa shape index (κ2) is 4.40. The van der Waals surface area contributed by atoms with Crippen LogP contribution in [-0.4, -0.2) is 17.9 Å². The zero-order chi connectivity index (χ0) is 13.6. The van der Waals surface area contributed by atoms with E-state index in [0.717, 1.165) is 46.4 Å². The van der Waals surface area contributed by atoms with Crippen molar-refractivity contribution >= 4 is 21.9 Å². The number of carboxylic acid groups (broad SMARTS) is 1. The van der Waals surface area contributed by atoms with Crippen molar-refractivity contribution < 1.29 is 19.4 Å². The number of hydrogen-bond acceptors (Lipinski definition) is 3. The molecule has 0 bridgehead atoms. The third-order valence-electron chi connectivity index (χ3n) is 3.97. The van der Waals surface area contributed by atoms with Crippen molar-refractivity contribution in [3.8, 4) is 11.5 Å². The molecule has 1 aromatic carbocycles. The molecule has 0 amide bonds. The molecule has 1 fully saturated rings. The highest BCUT2D eigenvalue weighted by atomic mass is 79.9. The van der Waals surface area contributed by atoms with Gasteiger partial charge >= 0.3 is 5.97 Å². The SMILES string of the molecule is CCc1c(C2(CC(=O)O)CC2)cc(Br)c2c1OCO2. The maximum Gasteiger partial charge on any atom is 0.304 e. The minimum Gasteiger partial charge on any atom is -0.481 e. The molecule has 3 rings (SSSR count). The van der Waals surface area contributed by atoms with Crippen LogP contribution in [0.1, 0.15) is 37.3 Å². The molecule has 1 aliphatic heterocycles. The molecule has 0 spiro atoms. The monoisotopic (exact) mass is 326 g/mol. The van der Waals surface area contributed by atoms with Gasteiger partial charge in [-0.15, -0.1) is 0 Å². The number of carboxylic acids is 1. The Kier molecular flexibility index (Phi) is 2.96. The van der Waals surface area contributed by atoms with Crippen molar-refractivity contribution in [2.75, 3.05) is 6.79 Å². The second-order valence-corrected chi connectivity index (χ2v) is 6.01. The van der Waals surface area contributed by atoms with Gasteiger partial charge in [0.05, 0.1) is 10.9 Å². The molecule has 1 saturated carbocycles. The topological polar surface area (TPSA) is 55.8 Å². The van der Waals surface area contributed by atoms with Crippen LogP contribution in [0.2, 0.25) is 0 Å². The predicted octanol–water partition coefficient (Wildman–Crippen LogP) is 3.25. The van der Waals surface area contributed by atoms with Gasteiger partial charge in [-0.25, -0.2) is 0 Å². The summed E-state index contributed by atoms with van der Waals surface area (Å²) in [5.74, 6) is 0.781. The molecule has 1 heterocycles. The highest BCUT2D eigenvalue weighted by molar-refractivity contribution is 9.10. The molecule has 0 unspecified atom stereocenters. The van der Waals surface area contributed by atoms with Gasteiger partial charge in [-0.05, 0) is 46.8 Å². The summed E-state index contributed by atoms with van der Waals surface area (Å²) in [5, 5.41) is 9.11. The molecule has 4 nitrogen and oxygen atoms in total. The van der Waals surface area contributed by atoms with E-state index in [0.29, 0.717) is 0 Å². The summed E-state index contributed by atoms with van der Waals surface area (Å²) in [7, 11) is 0. The Balaban J connectivity index is 2.12. The Morgan fingerprint density at radius 2 is 2.11 bits per heavy atom. The summed E-state index contributed by atoms with van der Waals surface area (Å²) in [5.41, 5.74) is 1.99. The fraction of sp³-hybridized carbons (Fsp3) is 0.500. The lowest BCUT2D eigenvalue weighted by molar-refractivity contribution is -0.137. The first kappa shape index (κ1) is 12.8. The summed E-state index contributed by atoms with van der Waals surface area (Å²) < 4.78 is 11.9. The van der Waals surface area contributed by atoms with Gasteiger partial charge in [-0.3, -0.25) is 4.79 Å². The van der Waals surface area contributed by atoms with Gasteiger partial charge in [0.1, 0.15) is 0 Å². The van der Waals surface area contributed by atoms with Crippen molar-refractivity contribution in [3.63, 3.8) is 0 Å². The number of ether oxygens (including phenoxy) is 2. The smallest absolute Gasteiger partial charge is 0.304 e. The number of fused-ring (bicyclic) bond motifs is 1. The third kappa shape index (κ3) is 2.00. The Morgan fingerprint density at radius 3 is 2.68 bits per heavy atom. The Labute approximate surface area is 119 Å². The largest absolute Gasteiger partial charge is 0.481 e. The highest BCUT2D eigenvalue weighted by Gasteiger charge is 2.48. The van der Waals surface area contributed by atoms with Gasteiger partial charge in [0, 0.05) is 11.0 Å². The zero-order valence-electron chi connectivity index (χ0n) is 10.7. The van der Waals surface area contributed by atoms with Crippen LogP contribution >= 0.6 is 15.9 Å². The minimum absolute atomic E-state index is 0.187. The van der Waals surface area contributed by atoms with Gasteiger partial charge < -0.3 is 14.6 Å². The van der Waals surface area contributed by atoms with Crippen LogP contribution in [0.3, 0.4) is 0 Å². The van der Waals surface area contributed by atoms with Gasteiger partial charge in [0.2, 0.25) is 6.79 Å². The lowest BCUT2D eigenvalue weighted by Crippen LogP contribution is -2.15. The summed E-state index contributed by atoms with van der Waals surface area (Å²) in [6.45, 7) is 2.29.